The van der Waals surface area contributed by atoms with Crippen molar-refractivity contribution in [1.82, 2.24) is 24.6 Å². The van der Waals surface area contributed by atoms with Gasteiger partial charge in [0.15, 0.2) is 5.65 Å². The third-order valence-corrected chi connectivity index (χ3v) is 5.40. The van der Waals surface area contributed by atoms with Gasteiger partial charge >= 0.3 is 0 Å². The molecule has 0 spiro atoms. The second-order valence-electron chi connectivity index (χ2n) is 7.11. The van der Waals surface area contributed by atoms with Crippen LogP contribution in [0.5, 0.6) is 0 Å². The summed E-state index contributed by atoms with van der Waals surface area (Å²) >= 11 is 0. The van der Waals surface area contributed by atoms with E-state index in [0.717, 1.165) is 60.7 Å². The molecule has 3 heterocycles. The molecule has 136 valence electrons. The first-order valence-electron chi connectivity index (χ1n) is 9.39. The van der Waals surface area contributed by atoms with E-state index in [2.05, 4.69) is 67.0 Å². The van der Waals surface area contributed by atoms with Crippen LogP contribution in [-0.2, 0) is 13.6 Å². The van der Waals surface area contributed by atoms with Gasteiger partial charge in [-0.25, -0.2) is 0 Å². The number of nitrogens with zero attached hydrogens (tertiary/aromatic N) is 6. The zero-order valence-electron chi connectivity index (χ0n) is 15.4. The van der Waals surface area contributed by atoms with Gasteiger partial charge in [-0.1, -0.05) is 48.5 Å². The molecule has 0 bridgehead atoms. The van der Waals surface area contributed by atoms with Crippen molar-refractivity contribution in [1.29, 1.82) is 0 Å². The third kappa shape index (κ3) is 2.92. The average Bonchev–Trinajstić information content (AvgIpc) is 3.02. The molecule has 0 N–H and O–H groups in total. The highest BCUT2D eigenvalue weighted by Crippen LogP contribution is 2.25. The number of aryl methyl sites for hydroxylation is 1. The van der Waals surface area contributed by atoms with E-state index in [1.807, 2.05) is 19.2 Å². The van der Waals surface area contributed by atoms with E-state index in [1.165, 1.54) is 5.56 Å². The highest BCUT2D eigenvalue weighted by Gasteiger charge is 2.21. The molecule has 0 atom stereocenters. The molecule has 2 aromatic carbocycles. The summed E-state index contributed by atoms with van der Waals surface area (Å²) in [5.41, 5.74) is 4.27. The molecule has 1 aliphatic heterocycles. The molecular formula is C21H22N6. The SMILES string of the molecule is Cn1c2ccccc2c2nnc(N3CCN(Cc4ccccc4)CC3)nc21. The normalized spacial score (nSPS) is 15.7. The van der Waals surface area contributed by atoms with Crippen LogP contribution >= 0.6 is 0 Å². The maximum Gasteiger partial charge on any atom is 0.247 e. The minimum Gasteiger partial charge on any atom is -0.337 e. The lowest BCUT2D eigenvalue weighted by molar-refractivity contribution is 0.248. The lowest BCUT2D eigenvalue weighted by Gasteiger charge is -2.34. The van der Waals surface area contributed by atoms with E-state index in [-0.39, 0.29) is 0 Å². The monoisotopic (exact) mass is 358 g/mol. The number of aromatic nitrogens is 4. The molecule has 1 fully saturated rings. The fourth-order valence-electron chi connectivity index (χ4n) is 3.88. The van der Waals surface area contributed by atoms with Gasteiger partial charge < -0.3 is 9.47 Å². The smallest absolute Gasteiger partial charge is 0.247 e. The van der Waals surface area contributed by atoms with Crippen LogP contribution in [0.4, 0.5) is 5.95 Å². The van der Waals surface area contributed by atoms with Crippen molar-refractivity contribution in [2.75, 3.05) is 31.1 Å². The van der Waals surface area contributed by atoms with Gasteiger partial charge in [0, 0.05) is 45.2 Å². The average molecular weight is 358 g/mol. The Balaban J connectivity index is 1.36. The summed E-state index contributed by atoms with van der Waals surface area (Å²) in [4.78, 5) is 9.56. The molecule has 4 aromatic rings. The highest BCUT2D eigenvalue weighted by atomic mass is 15.4. The number of anilines is 1. The van der Waals surface area contributed by atoms with Gasteiger partial charge in [0.05, 0.1) is 5.52 Å². The quantitative estimate of drug-likeness (QED) is 0.564. The van der Waals surface area contributed by atoms with Crippen molar-refractivity contribution < 1.29 is 0 Å². The summed E-state index contributed by atoms with van der Waals surface area (Å²) in [5.74, 6) is 0.729. The summed E-state index contributed by atoms with van der Waals surface area (Å²) in [6, 6.07) is 18.9. The standard InChI is InChI=1S/C21H22N6/c1-25-18-10-6-5-9-17(18)19-20(25)22-21(24-23-19)27-13-11-26(12-14-27)15-16-7-3-2-4-8-16/h2-10H,11-15H2,1H3. The molecule has 1 aliphatic rings. The lowest BCUT2D eigenvalue weighted by Crippen LogP contribution is -2.46. The van der Waals surface area contributed by atoms with Crippen molar-refractivity contribution >= 4 is 28.0 Å². The summed E-state index contributed by atoms with van der Waals surface area (Å²) in [6.07, 6.45) is 0. The van der Waals surface area contributed by atoms with Crippen molar-refractivity contribution in [3.05, 3.63) is 60.2 Å². The van der Waals surface area contributed by atoms with Crippen LogP contribution in [0.25, 0.3) is 22.1 Å². The molecule has 0 amide bonds. The number of piperazine rings is 1. The van der Waals surface area contributed by atoms with Gasteiger partial charge in [-0.05, 0) is 11.6 Å². The van der Waals surface area contributed by atoms with Gasteiger partial charge in [0.25, 0.3) is 0 Å². The number of benzene rings is 2. The van der Waals surface area contributed by atoms with E-state index < -0.39 is 0 Å². The predicted octanol–water partition coefficient (Wildman–Crippen LogP) is 2.84. The second kappa shape index (κ2) is 6.63. The van der Waals surface area contributed by atoms with Crippen molar-refractivity contribution in [3.63, 3.8) is 0 Å². The Hall–Kier alpha value is -2.99. The number of para-hydroxylation sites is 1. The molecule has 0 radical (unpaired) electrons. The Morgan fingerprint density at radius 3 is 2.41 bits per heavy atom. The second-order valence-corrected chi connectivity index (χ2v) is 7.11. The summed E-state index contributed by atoms with van der Waals surface area (Å²) in [5, 5.41) is 10.0. The Labute approximate surface area is 158 Å². The highest BCUT2D eigenvalue weighted by molar-refractivity contribution is 6.04. The van der Waals surface area contributed by atoms with Gasteiger partial charge in [-0.2, -0.15) is 4.98 Å². The van der Waals surface area contributed by atoms with E-state index >= 15 is 0 Å². The summed E-state index contributed by atoms with van der Waals surface area (Å²) in [7, 11) is 2.04. The Morgan fingerprint density at radius 2 is 1.59 bits per heavy atom. The third-order valence-electron chi connectivity index (χ3n) is 5.40. The zero-order valence-corrected chi connectivity index (χ0v) is 15.4. The van der Waals surface area contributed by atoms with Crippen LogP contribution in [0.3, 0.4) is 0 Å². The van der Waals surface area contributed by atoms with E-state index in [4.69, 9.17) is 4.98 Å². The number of rotatable bonds is 3. The number of fused-ring (bicyclic) bond motifs is 3. The minimum atomic E-state index is 0.729. The molecule has 6 heteroatoms. The topological polar surface area (TPSA) is 50.1 Å². The number of hydrogen-bond donors (Lipinski definition) is 0. The molecule has 27 heavy (non-hydrogen) atoms. The molecule has 0 unspecified atom stereocenters. The van der Waals surface area contributed by atoms with Crippen LogP contribution in [0, 0.1) is 0 Å². The lowest BCUT2D eigenvalue weighted by atomic mass is 10.2. The van der Waals surface area contributed by atoms with Crippen LogP contribution < -0.4 is 4.90 Å². The van der Waals surface area contributed by atoms with Gasteiger partial charge in [0.2, 0.25) is 5.95 Å². The molecule has 2 aromatic heterocycles. The molecule has 6 nitrogen and oxygen atoms in total. The van der Waals surface area contributed by atoms with Gasteiger partial charge in [0.1, 0.15) is 5.52 Å². The van der Waals surface area contributed by atoms with Gasteiger partial charge in [-0.15, -0.1) is 10.2 Å². The van der Waals surface area contributed by atoms with E-state index in [9.17, 15) is 0 Å². The van der Waals surface area contributed by atoms with E-state index in [0.29, 0.717) is 0 Å². The first-order valence-corrected chi connectivity index (χ1v) is 9.39. The van der Waals surface area contributed by atoms with Crippen molar-refractivity contribution in [2.45, 2.75) is 6.54 Å². The fraction of sp³-hybridized carbons (Fsp3) is 0.286. The molecule has 0 aliphatic carbocycles. The Morgan fingerprint density at radius 1 is 0.852 bits per heavy atom. The van der Waals surface area contributed by atoms with Crippen molar-refractivity contribution in [2.24, 2.45) is 7.05 Å². The molecular weight excluding hydrogens is 336 g/mol. The van der Waals surface area contributed by atoms with Crippen LogP contribution in [0.2, 0.25) is 0 Å². The first kappa shape index (κ1) is 16.2. The van der Waals surface area contributed by atoms with Crippen LogP contribution in [0.1, 0.15) is 5.56 Å². The molecule has 5 rings (SSSR count). The van der Waals surface area contributed by atoms with Crippen molar-refractivity contribution in [3.8, 4) is 0 Å². The maximum atomic E-state index is 4.84. The minimum absolute atomic E-state index is 0.729. The summed E-state index contributed by atoms with van der Waals surface area (Å²) < 4.78 is 2.11. The fourth-order valence-corrected chi connectivity index (χ4v) is 3.88. The van der Waals surface area contributed by atoms with E-state index in [1.54, 1.807) is 0 Å². The zero-order chi connectivity index (χ0) is 18.2. The number of hydrogen-bond acceptors (Lipinski definition) is 5. The van der Waals surface area contributed by atoms with Crippen LogP contribution in [0.15, 0.2) is 54.6 Å². The molecule has 1 saturated heterocycles. The maximum absolute atomic E-state index is 4.84. The van der Waals surface area contributed by atoms with Crippen LogP contribution in [-0.4, -0.2) is 50.8 Å². The Kier molecular flexibility index (Phi) is 3.98. The molecule has 0 saturated carbocycles. The van der Waals surface area contributed by atoms with Gasteiger partial charge in [-0.3, -0.25) is 4.90 Å². The first-order chi connectivity index (χ1) is 13.3. The predicted molar refractivity (Wildman–Crippen MR) is 108 cm³/mol. The Bertz CT molecular complexity index is 1080. The summed E-state index contributed by atoms with van der Waals surface area (Å²) in [6.45, 7) is 4.85. The largest absolute Gasteiger partial charge is 0.337 e.